The molecule has 1 aliphatic rings. The van der Waals surface area contributed by atoms with E-state index in [-0.39, 0.29) is 18.1 Å². The molecular weight excluding hydrogens is 307 g/mol. The van der Waals surface area contributed by atoms with Gasteiger partial charge in [-0.05, 0) is 30.3 Å². The average Bonchev–Trinajstić information content (AvgIpc) is 3.05. The Hall–Kier alpha value is -2.65. The largest absolute Gasteiger partial charge is 0.340 e. The molecule has 6 heteroatoms. The molecule has 1 amide bonds. The van der Waals surface area contributed by atoms with E-state index in [1.165, 1.54) is 12.1 Å². The first-order valence-corrected chi connectivity index (χ1v) is 7.90. The van der Waals surface area contributed by atoms with Gasteiger partial charge in [0, 0.05) is 32.4 Å². The van der Waals surface area contributed by atoms with Crippen LogP contribution in [0.25, 0.3) is 5.69 Å². The van der Waals surface area contributed by atoms with Crippen molar-refractivity contribution >= 4 is 5.91 Å². The summed E-state index contributed by atoms with van der Waals surface area (Å²) < 4.78 is 14.6. The summed E-state index contributed by atoms with van der Waals surface area (Å²) >= 11 is 0. The Kier molecular flexibility index (Phi) is 4.92. The third-order valence-electron chi connectivity index (χ3n) is 4.11. The van der Waals surface area contributed by atoms with Crippen LogP contribution in [0, 0.1) is 18.2 Å². The molecule has 0 saturated carbocycles. The van der Waals surface area contributed by atoms with Gasteiger partial charge < -0.3 is 4.90 Å². The zero-order valence-corrected chi connectivity index (χ0v) is 13.4. The van der Waals surface area contributed by atoms with E-state index in [9.17, 15) is 9.18 Å². The van der Waals surface area contributed by atoms with Gasteiger partial charge in [-0.1, -0.05) is 5.92 Å². The predicted octanol–water partition coefficient (Wildman–Crippen LogP) is 1.33. The molecule has 1 saturated heterocycles. The number of amides is 1. The molecule has 1 aromatic heterocycles. The Morgan fingerprint density at radius 2 is 1.88 bits per heavy atom. The van der Waals surface area contributed by atoms with Crippen LogP contribution in [0.1, 0.15) is 5.69 Å². The molecule has 5 nitrogen and oxygen atoms in total. The highest BCUT2D eigenvalue weighted by atomic mass is 19.1. The number of piperazine rings is 1. The molecule has 1 fully saturated rings. The number of benzene rings is 1. The molecule has 0 unspecified atom stereocenters. The second-order valence-corrected chi connectivity index (χ2v) is 5.77. The Morgan fingerprint density at radius 3 is 2.54 bits per heavy atom. The van der Waals surface area contributed by atoms with Crippen molar-refractivity contribution in [2.24, 2.45) is 0 Å². The summed E-state index contributed by atoms with van der Waals surface area (Å²) in [6, 6.07) is 7.89. The van der Waals surface area contributed by atoms with Crippen LogP contribution >= 0.6 is 0 Å². The molecule has 0 N–H and O–H groups in total. The summed E-state index contributed by atoms with van der Waals surface area (Å²) in [6.07, 6.45) is 7.36. The first kappa shape index (κ1) is 16.2. The zero-order chi connectivity index (χ0) is 16.9. The minimum atomic E-state index is -0.287. The summed E-state index contributed by atoms with van der Waals surface area (Å²) in [5.41, 5.74) is 1.47. The van der Waals surface area contributed by atoms with Crippen LogP contribution in [0.3, 0.4) is 0 Å². The SMILES string of the molecule is C#CCN1CCN(C(=O)Cc2ccn(-c3ccc(F)cc3)n2)CC1. The zero-order valence-electron chi connectivity index (χ0n) is 13.4. The molecule has 1 aromatic carbocycles. The normalized spacial score (nSPS) is 15.2. The summed E-state index contributed by atoms with van der Waals surface area (Å²) in [6.45, 7) is 3.63. The minimum Gasteiger partial charge on any atom is -0.340 e. The molecule has 0 bridgehead atoms. The smallest absolute Gasteiger partial charge is 0.228 e. The summed E-state index contributed by atoms with van der Waals surface area (Å²) in [5.74, 6) is 2.41. The van der Waals surface area contributed by atoms with Gasteiger partial charge in [0.25, 0.3) is 0 Å². The lowest BCUT2D eigenvalue weighted by Gasteiger charge is -2.33. The van der Waals surface area contributed by atoms with E-state index >= 15 is 0 Å². The van der Waals surface area contributed by atoms with E-state index in [0.717, 1.165) is 18.8 Å². The molecule has 24 heavy (non-hydrogen) atoms. The van der Waals surface area contributed by atoms with Gasteiger partial charge in [-0.15, -0.1) is 6.42 Å². The van der Waals surface area contributed by atoms with Gasteiger partial charge >= 0.3 is 0 Å². The van der Waals surface area contributed by atoms with Crippen LogP contribution in [0.2, 0.25) is 0 Å². The summed E-state index contributed by atoms with van der Waals surface area (Å²) in [7, 11) is 0. The third kappa shape index (κ3) is 3.81. The van der Waals surface area contributed by atoms with Gasteiger partial charge in [0.15, 0.2) is 0 Å². The second kappa shape index (κ2) is 7.28. The maximum atomic E-state index is 13.0. The third-order valence-corrected chi connectivity index (χ3v) is 4.11. The molecule has 124 valence electrons. The van der Waals surface area contributed by atoms with Crippen LogP contribution in [0.5, 0.6) is 0 Å². The number of carbonyl (C=O) groups is 1. The van der Waals surface area contributed by atoms with Gasteiger partial charge in [0.05, 0.1) is 24.3 Å². The van der Waals surface area contributed by atoms with Crippen molar-refractivity contribution in [3.05, 3.63) is 48.0 Å². The minimum absolute atomic E-state index is 0.0692. The van der Waals surface area contributed by atoms with Crippen molar-refractivity contribution in [3.8, 4) is 18.0 Å². The molecule has 0 atom stereocenters. The monoisotopic (exact) mass is 326 g/mol. The van der Waals surface area contributed by atoms with Gasteiger partial charge in [-0.3, -0.25) is 9.69 Å². The standard InChI is InChI=1S/C18H19FN4O/c1-2-8-21-10-12-22(13-11-21)18(24)14-16-7-9-23(20-16)17-5-3-15(19)4-6-17/h1,3-7,9H,8,10-14H2. The topological polar surface area (TPSA) is 41.4 Å². The number of nitrogens with zero attached hydrogens (tertiary/aromatic N) is 4. The van der Waals surface area contributed by atoms with Crippen molar-refractivity contribution in [2.45, 2.75) is 6.42 Å². The fraction of sp³-hybridized carbons (Fsp3) is 0.333. The number of carbonyl (C=O) groups excluding carboxylic acids is 1. The molecule has 0 aliphatic carbocycles. The molecule has 1 aliphatic heterocycles. The van der Waals surface area contributed by atoms with Crippen LogP contribution in [0.15, 0.2) is 36.5 Å². The Bertz CT molecular complexity index is 739. The molecular formula is C18H19FN4O. The van der Waals surface area contributed by atoms with E-state index < -0.39 is 0 Å². The highest BCUT2D eigenvalue weighted by Crippen LogP contribution is 2.10. The number of aromatic nitrogens is 2. The fourth-order valence-corrected chi connectivity index (χ4v) is 2.74. The molecule has 0 spiro atoms. The molecule has 3 rings (SSSR count). The van der Waals surface area contributed by atoms with Crippen molar-refractivity contribution in [2.75, 3.05) is 32.7 Å². The summed E-state index contributed by atoms with van der Waals surface area (Å²) in [4.78, 5) is 16.4. The van der Waals surface area contributed by atoms with E-state index in [2.05, 4.69) is 15.9 Å². The van der Waals surface area contributed by atoms with Crippen LogP contribution in [-0.4, -0.2) is 58.2 Å². The van der Waals surface area contributed by atoms with Gasteiger partial charge in [0.1, 0.15) is 5.82 Å². The number of halogens is 1. The van der Waals surface area contributed by atoms with Crippen molar-refractivity contribution in [1.82, 2.24) is 19.6 Å². The molecule has 2 aromatic rings. The first-order chi connectivity index (χ1) is 11.7. The van der Waals surface area contributed by atoms with Gasteiger partial charge in [-0.25, -0.2) is 9.07 Å². The van der Waals surface area contributed by atoms with Crippen LogP contribution in [-0.2, 0) is 11.2 Å². The Balaban J connectivity index is 1.58. The lowest BCUT2D eigenvalue weighted by molar-refractivity contribution is -0.132. The van der Waals surface area contributed by atoms with Crippen LogP contribution in [0.4, 0.5) is 4.39 Å². The van der Waals surface area contributed by atoms with E-state index in [0.29, 0.717) is 25.3 Å². The molecule has 2 heterocycles. The lowest BCUT2D eigenvalue weighted by atomic mass is 10.2. The highest BCUT2D eigenvalue weighted by Gasteiger charge is 2.21. The highest BCUT2D eigenvalue weighted by molar-refractivity contribution is 5.78. The predicted molar refractivity (Wildman–Crippen MR) is 89.1 cm³/mol. The lowest BCUT2D eigenvalue weighted by Crippen LogP contribution is -2.49. The number of hydrogen-bond donors (Lipinski definition) is 0. The maximum Gasteiger partial charge on any atom is 0.228 e. The van der Waals surface area contributed by atoms with Crippen molar-refractivity contribution < 1.29 is 9.18 Å². The van der Waals surface area contributed by atoms with E-state index in [4.69, 9.17) is 6.42 Å². The second-order valence-electron chi connectivity index (χ2n) is 5.77. The van der Waals surface area contributed by atoms with Gasteiger partial charge in [-0.2, -0.15) is 5.10 Å². The van der Waals surface area contributed by atoms with Crippen molar-refractivity contribution in [3.63, 3.8) is 0 Å². The number of hydrogen-bond acceptors (Lipinski definition) is 3. The quantitative estimate of drug-likeness (QED) is 0.796. The number of rotatable bonds is 4. The maximum absolute atomic E-state index is 13.0. The van der Waals surface area contributed by atoms with Crippen LogP contribution < -0.4 is 0 Å². The summed E-state index contributed by atoms with van der Waals surface area (Å²) in [5, 5.41) is 4.40. The van der Waals surface area contributed by atoms with Gasteiger partial charge in [0.2, 0.25) is 5.91 Å². The molecule has 0 radical (unpaired) electrons. The number of terminal acetylenes is 1. The van der Waals surface area contributed by atoms with E-state index in [1.807, 2.05) is 11.0 Å². The Labute approximate surface area is 140 Å². The average molecular weight is 326 g/mol. The Morgan fingerprint density at radius 1 is 1.17 bits per heavy atom. The van der Waals surface area contributed by atoms with Crippen molar-refractivity contribution in [1.29, 1.82) is 0 Å². The van der Waals surface area contributed by atoms with E-state index in [1.54, 1.807) is 23.0 Å². The first-order valence-electron chi connectivity index (χ1n) is 7.90. The fourth-order valence-electron chi connectivity index (χ4n) is 2.74.